The highest BCUT2D eigenvalue weighted by atomic mass is 16.5. The zero-order valence-electron chi connectivity index (χ0n) is 15.7. The molecule has 1 heterocycles. The molecule has 0 unspecified atom stereocenters. The number of nitrogens with one attached hydrogen (secondary N) is 2. The van der Waals surface area contributed by atoms with Crippen LogP contribution in [0.5, 0.6) is 17.2 Å². The minimum Gasteiger partial charge on any atom is -0.497 e. The zero-order valence-corrected chi connectivity index (χ0v) is 15.7. The molecule has 2 N–H and O–H groups in total. The highest BCUT2D eigenvalue weighted by molar-refractivity contribution is 5.63. The van der Waals surface area contributed by atoms with Crippen LogP contribution in [0.25, 0.3) is 0 Å². The van der Waals surface area contributed by atoms with Crippen LogP contribution in [-0.4, -0.2) is 31.3 Å². The van der Waals surface area contributed by atoms with Crippen molar-refractivity contribution in [3.05, 3.63) is 54.2 Å². The summed E-state index contributed by atoms with van der Waals surface area (Å²) in [6.45, 7) is 1.91. The summed E-state index contributed by atoms with van der Waals surface area (Å²) in [5.41, 5.74) is 2.51. The molecule has 0 fully saturated rings. The van der Waals surface area contributed by atoms with Gasteiger partial charge in [-0.1, -0.05) is 6.07 Å². The molecule has 0 saturated carbocycles. The van der Waals surface area contributed by atoms with Gasteiger partial charge in [0.2, 0.25) is 5.95 Å². The SMILES string of the molecule is COc1cccc(Nc2nc(C)cc(Nc3ccc(OC)c(OC)c3)n2)c1. The molecule has 3 aromatic rings. The Labute approximate surface area is 158 Å². The van der Waals surface area contributed by atoms with Gasteiger partial charge >= 0.3 is 0 Å². The van der Waals surface area contributed by atoms with Gasteiger partial charge < -0.3 is 24.8 Å². The number of aryl methyl sites for hydroxylation is 1. The third kappa shape index (κ3) is 4.58. The van der Waals surface area contributed by atoms with E-state index in [1.807, 2.05) is 55.5 Å². The summed E-state index contributed by atoms with van der Waals surface area (Å²) in [5, 5.41) is 6.47. The quantitative estimate of drug-likeness (QED) is 0.645. The van der Waals surface area contributed by atoms with E-state index in [1.165, 1.54) is 0 Å². The van der Waals surface area contributed by atoms with Crippen LogP contribution in [0, 0.1) is 6.92 Å². The highest BCUT2D eigenvalue weighted by Crippen LogP contribution is 2.31. The van der Waals surface area contributed by atoms with Gasteiger partial charge in [-0.2, -0.15) is 4.98 Å². The number of methoxy groups -OCH3 is 3. The molecule has 0 aliphatic carbocycles. The molecule has 0 bridgehead atoms. The third-order valence-corrected chi connectivity index (χ3v) is 3.84. The second kappa shape index (κ2) is 8.27. The topological polar surface area (TPSA) is 77.5 Å². The Morgan fingerprint density at radius 3 is 2.26 bits per heavy atom. The second-order valence-electron chi connectivity index (χ2n) is 5.77. The average Bonchev–Trinajstić information content (AvgIpc) is 2.67. The lowest BCUT2D eigenvalue weighted by Gasteiger charge is -2.12. The van der Waals surface area contributed by atoms with E-state index in [4.69, 9.17) is 14.2 Å². The van der Waals surface area contributed by atoms with Gasteiger partial charge in [-0.05, 0) is 31.2 Å². The van der Waals surface area contributed by atoms with E-state index in [9.17, 15) is 0 Å². The van der Waals surface area contributed by atoms with Gasteiger partial charge in [-0.25, -0.2) is 4.98 Å². The van der Waals surface area contributed by atoms with Crippen LogP contribution in [0.1, 0.15) is 5.69 Å². The first-order valence-electron chi connectivity index (χ1n) is 8.37. The molecule has 0 spiro atoms. The van der Waals surface area contributed by atoms with Crippen molar-refractivity contribution in [1.29, 1.82) is 0 Å². The molecule has 0 aliphatic heterocycles. The first kappa shape index (κ1) is 18.3. The Morgan fingerprint density at radius 1 is 0.741 bits per heavy atom. The van der Waals surface area contributed by atoms with Crippen molar-refractivity contribution in [2.24, 2.45) is 0 Å². The molecule has 3 rings (SSSR count). The molecule has 140 valence electrons. The van der Waals surface area contributed by atoms with E-state index in [-0.39, 0.29) is 0 Å². The van der Waals surface area contributed by atoms with Crippen molar-refractivity contribution in [2.45, 2.75) is 6.92 Å². The number of rotatable bonds is 7. The smallest absolute Gasteiger partial charge is 0.229 e. The number of hydrogen-bond acceptors (Lipinski definition) is 7. The largest absolute Gasteiger partial charge is 0.497 e. The van der Waals surface area contributed by atoms with E-state index in [0.29, 0.717) is 23.3 Å². The Kier molecular flexibility index (Phi) is 5.61. The van der Waals surface area contributed by atoms with Crippen LogP contribution in [0.3, 0.4) is 0 Å². The summed E-state index contributed by atoms with van der Waals surface area (Å²) >= 11 is 0. The maximum atomic E-state index is 5.34. The molecule has 1 aromatic heterocycles. The van der Waals surface area contributed by atoms with E-state index in [2.05, 4.69) is 20.6 Å². The Hall–Kier alpha value is -3.48. The van der Waals surface area contributed by atoms with E-state index < -0.39 is 0 Å². The average molecular weight is 366 g/mol. The van der Waals surface area contributed by atoms with Crippen LogP contribution in [0.15, 0.2) is 48.5 Å². The molecule has 7 heteroatoms. The maximum Gasteiger partial charge on any atom is 0.229 e. The van der Waals surface area contributed by atoms with Crippen molar-refractivity contribution in [3.63, 3.8) is 0 Å². The number of anilines is 4. The minimum absolute atomic E-state index is 0.492. The lowest BCUT2D eigenvalue weighted by molar-refractivity contribution is 0.355. The fraction of sp³-hybridized carbons (Fsp3) is 0.200. The summed E-state index contributed by atoms with van der Waals surface area (Å²) in [6, 6.07) is 15.0. The van der Waals surface area contributed by atoms with E-state index in [1.54, 1.807) is 21.3 Å². The van der Waals surface area contributed by atoms with Crippen LogP contribution in [0.4, 0.5) is 23.1 Å². The lowest BCUT2D eigenvalue weighted by Crippen LogP contribution is -2.02. The summed E-state index contributed by atoms with van der Waals surface area (Å²) < 4.78 is 15.9. The summed E-state index contributed by atoms with van der Waals surface area (Å²) in [4.78, 5) is 8.97. The maximum absolute atomic E-state index is 5.34. The number of benzene rings is 2. The first-order chi connectivity index (χ1) is 13.1. The Bertz CT molecular complexity index is 931. The van der Waals surface area contributed by atoms with Crippen molar-refractivity contribution >= 4 is 23.1 Å². The van der Waals surface area contributed by atoms with E-state index >= 15 is 0 Å². The molecule has 0 radical (unpaired) electrons. The molecular weight excluding hydrogens is 344 g/mol. The summed E-state index contributed by atoms with van der Waals surface area (Å²) in [6.07, 6.45) is 0. The molecule has 7 nitrogen and oxygen atoms in total. The van der Waals surface area contributed by atoms with Gasteiger partial charge in [0.1, 0.15) is 11.6 Å². The normalized spacial score (nSPS) is 10.2. The zero-order chi connectivity index (χ0) is 19.2. The first-order valence-corrected chi connectivity index (χ1v) is 8.37. The Morgan fingerprint density at radius 2 is 1.52 bits per heavy atom. The van der Waals surface area contributed by atoms with Gasteiger partial charge in [-0.15, -0.1) is 0 Å². The van der Waals surface area contributed by atoms with Crippen LogP contribution in [-0.2, 0) is 0 Å². The number of nitrogens with zero attached hydrogens (tertiary/aromatic N) is 2. The molecule has 27 heavy (non-hydrogen) atoms. The minimum atomic E-state index is 0.492. The summed E-state index contributed by atoms with van der Waals surface area (Å²) in [5.74, 6) is 3.23. The van der Waals surface area contributed by atoms with Crippen molar-refractivity contribution in [1.82, 2.24) is 9.97 Å². The highest BCUT2D eigenvalue weighted by Gasteiger charge is 2.07. The van der Waals surface area contributed by atoms with Crippen molar-refractivity contribution < 1.29 is 14.2 Å². The van der Waals surface area contributed by atoms with Gasteiger partial charge in [0.15, 0.2) is 11.5 Å². The molecule has 0 amide bonds. The number of aromatic nitrogens is 2. The van der Waals surface area contributed by atoms with Crippen LogP contribution >= 0.6 is 0 Å². The van der Waals surface area contributed by atoms with Gasteiger partial charge in [0, 0.05) is 35.3 Å². The van der Waals surface area contributed by atoms with Gasteiger partial charge in [0.05, 0.1) is 21.3 Å². The van der Waals surface area contributed by atoms with Crippen LogP contribution in [0.2, 0.25) is 0 Å². The standard InChI is InChI=1S/C20H22N4O3/c1-13-10-19(22-15-8-9-17(26-3)18(12-15)27-4)24-20(21-13)23-14-6-5-7-16(11-14)25-2/h5-12H,1-4H3,(H2,21,22,23,24). The fourth-order valence-electron chi connectivity index (χ4n) is 2.58. The fourth-order valence-corrected chi connectivity index (χ4v) is 2.58. The number of ether oxygens (including phenoxy) is 3. The predicted octanol–water partition coefficient (Wildman–Crippen LogP) is 4.30. The molecule has 0 aliphatic rings. The van der Waals surface area contributed by atoms with Crippen molar-refractivity contribution in [3.8, 4) is 17.2 Å². The van der Waals surface area contributed by atoms with Crippen LogP contribution < -0.4 is 24.8 Å². The van der Waals surface area contributed by atoms with Gasteiger partial charge in [0.25, 0.3) is 0 Å². The monoisotopic (exact) mass is 366 g/mol. The predicted molar refractivity (Wildman–Crippen MR) is 106 cm³/mol. The lowest BCUT2D eigenvalue weighted by atomic mass is 10.2. The Balaban J connectivity index is 1.83. The van der Waals surface area contributed by atoms with Gasteiger partial charge in [-0.3, -0.25) is 0 Å². The second-order valence-corrected chi connectivity index (χ2v) is 5.77. The van der Waals surface area contributed by atoms with E-state index in [0.717, 1.165) is 22.8 Å². The molecule has 0 saturated heterocycles. The molecule has 0 atom stereocenters. The van der Waals surface area contributed by atoms with Crippen molar-refractivity contribution in [2.75, 3.05) is 32.0 Å². The third-order valence-electron chi connectivity index (χ3n) is 3.84. The molecular formula is C20H22N4O3. The number of hydrogen-bond donors (Lipinski definition) is 2. The molecule has 2 aromatic carbocycles. The summed E-state index contributed by atoms with van der Waals surface area (Å²) in [7, 11) is 4.84.